The van der Waals surface area contributed by atoms with Gasteiger partial charge in [0.15, 0.2) is 5.96 Å². The Hall–Kier alpha value is -1.60. The molecule has 1 fully saturated rings. The van der Waals surface area contributed by atoms with Gasteiger partial charge in [0, 0.05) is 56.8 Å². The second-order valence-corrected chi connectivity index (χ2v) is 8.02. The summed E-state index contributed by atoms with van der Waals surface area (Å²) in [6.07, 6.45) is 2.86. The lowest BCUT2D eigenvalue weighted by Crippen LogP contribution is -2.52. The Bertz CT molecular complexity index is 642. The Labute approximate surface area is 152 Å². The molecular weight excluding hydrogens is 338 g/mol. The third kappa shape index (κ3) is 4.48. The zero-order valence-corrected chi connectivity index (χ0v) is 16.0. The number of anilines is 1. The van der Waals surface area contributed by atoms with E-state index >= 15 is 0 Å². The molecule has 2 aromatic rings. The van der Waals surface area contributed by atoms with Gasteiger partial charge in [-0.3, -0.25) is 4.99 Å². The van der Waals surface area contributed by atoms with Gasteiger partial charge in [-0.05, 0) is 31.4 Å². The van der Waals surface area contributed by atoms with E-state index < -0.39 is 0 Å². The van der Waals surface area contributed by atoms with E-state index in [0.717, 1.165) is 51.6 Å². The minimum absolute atomic E-state index is 0.792. The molecule has 0 unspecified atom stereocenters. The summed E-state index contributed by atoms with van der Waals surface area (Å²) in [5.74, 6) is 1.04. The first kappa shape index (κ1) is 17.2. The number of aromatic nitrogens is 1. The Morgan fingerprint density at radius 2 is 2.17 bits per heavy atom. The van der Waals surface area contributed by atoms with Gasteiger partial charge in [-0.15, -0.1) is 22.7 Å². The van der Waals surface area contributed by atoms with E-state index in [2.05, 4.69) is 51.5 Å². The molecule has 0 saturated carbocycles. The summed E-state index contributed by atoms with van der Waals surface area (Å²) in [4.78, 5) is 15.3. The maximum atomic E-state index is 4.81. The Kier molecular flexibility index (Phi) is 6.09. The molecule has 2 aromatic heterocycles. The summed E-state index contributed by atoms with van der Waals surface area (Å²) in [5, 5.41) is 8.13. The van der Waals surface area contributed by atoms with Crippen molar-refractivity contribution in [2.45, 2.75) is 20.3 Å². The van der Waals surface area contributed by atoms with Crippen LogP contribution < -0.4 is 10.2 Å². The predicted molar refractivity (Wildman–Crippen MR) is 105 cm³/mol. The Balaban J connectivity index is 1.54. The largest absolute Gasteiger partial charge is 0.360 e. The molecule has 0 radical (unpaired) electrons. The molecule has 0 aliphatic carbocycles. The van der Waals surface area contributed by atoms with Gasteiger partial charge in [0.05, 0.1) is 10.0 Å². The van der Waals surface area contributed by atoms with Crippen molar-refractivity contribution in [3.05, 3.63) is 33.6 Å². The average Bonchev–Trinajstić information content (AvgIpc) is 3.26. The quantitative estimate of drug-likeness (QED) is 0.655. The molecule has 1 saturated heterocycles. The van der Waals surface area contributed by atoms with E-state index in [4.69, 9.17) is 4.99 Å². The van der Waals surface area contributed by atoms with E-state index in [1.165, 1.54) is 14.9 Å². The van der Waals surface area contributed by atoms with Gasteiger partial charge < -0.3 is 15.1 Å². The summed E-state index contributed by atoms with van der Waals surface area (Å²) in [6.45, 7) is 10.1. The highest BCUT2D eigenvalue weighted by Gasteiger charge is 2.20. The van der Waals surface area contributed by atoms with Gasteiger partial charge in [0.1, 0.15) is 0 Å². The number of piperazine rings is 1. The monoisotopic (exact) mass is 363 g/mol. The molecule has 1 N–H and O–H groups in total. The molecular formula is C17H25N5S2. The van der Waals surface area contributed by atoms with Gasteiger partial charge >= 0.3 is 0 Å². The first-order valence-corrected chi connectivity index (χ1v) is 10.2. The van der Waals surface area contributed by atoms with Crippen LogP contribution in [0.2, 0.25) is 0 Å². The van der Waals surface area contributed by atoms with E-state index in [-0.39, 0.29) is 0 Å². The number of hydrogen-bond donors (Lipinski definition) is 1. The minimum Gasteiger partial charge on any atom is -0.360 e. The summed E-state index contributed by atoms with van der Waals surface area (Å²) in [7, 11) is 0. The minimum atomic E-state index is 0.792. The van der Waals surface area contributed by atoms with Crippen LogP contribution >= 0.6 is 22.7 Å². The zero-order chi connectivity index (χ0) is 16.8. The highest BCUT2D eigenvalue weighted by molar-refractivity contribution is 7.14. The van der Waals surface area contributed by atoms with Crippen molar-refractivity contribution in [2.24, 2.45) is 4.99 Å². The van der Waals surface area contributed by atoms with Gasteiger partial charge in [0.2, 0.25) is 0 Å². The molecule has 24 heavy (non-hydrogen) atoms. The van der Waals surface area contributed by atoms with Gasteiger partial charge in [-0.2, -0.15) is 0 Å². The van der Waals surface area contributed by atoms with Crippen LogP contribution in [0.4, 0.5) is 5.00 Å². The van der Waals surface area contributed by atoms with E-state index in [9.17, 15) is 0 Å². The van der Waals surface area contributed by atoms with E-state index in [1.54, 1.807) is 11.3 Å². The topological polar surface area (TPSA) is 43.8 Å². The van der Waals surface area contributed by atoms with Crippen LogP contribution in [0.3, 0.4) is 0 Å². The van der Waals surface area contributed by atoms with Crippen molar-refractivity contribution in [3.63, 3.8) is 0 Å². The van der Waals surface area contributed by atoms with Crippen molar-refractivity contribution in [1.29, 1.82) is 0 Å². The third-order valence-corrected chi connectivity index (χ3v) is 5.89. The smallest absolute Gasteiger partial charge is 0.194 e. The number of hydrogen-bond acceptors (Lipinski definition) is 5. The van der Waals surface area contributed by atoms with Crippen LogP contribution in [0.15, 0.2) is 28.7 Å². The molecule has 0 bridgehead atoms. The van der Waals surface area contributed by atoms with Gasteiger partial charge in [0.25, 0.3) is 0 Å². The standard InChI is InChI=1S/C17H25N5S2/c1-3-18-17(19-7-6-15-20-13-14(2)24-15)22-10-8-21(9-11-22)16-5-4-12-23-16/h4-5,12-13H,3,6-11H2,1-2H3,(H,18,19). The summed E-state index contributed by atoms with van der Waals surface area (Å²) in [6, 6.07) is 4.33. The molecule has 3 heterocycles. The van der Waals surface area contributed by atoms with E-state index in [0.29, 0.717) is 0 Å². The number of aryl methyl sites for hydroxylation is 1. The average molecular weight is 364 g/mol. The molecule has 130 valence electrons. The van der Waals surface area contributed by atoms with Crippen molar-refractivity contribution in [3.8, 4) is 0 Å². The van der Waals surface area contributed by atoms with E-state index in [1.807, 2.05) is 17.5 Å². The summed E-state index contributed by atoms with van der Waals surface area (Å²) in [5.41, 5.74) is 0. The Morgan fingerprint density at radius 1 is 1.33 bits per heavy atom. The van der Waals surface area contributed by atoms with Crippen LogP contribution in [0.1, 0.15) is 16.8 Å². The molecule has 0 amide bonds. The molecule has 0 atom stereocenters. The third-order valence-electron chi connectivity index (χ3n) is 3.99. The fourth-order valence-electron chi connectivity index (χ4n) is 2.79. The SMILES string of the molecule is CCNC(=NCCc1ncc(C)s1)N1CCN(c2cccs2)CC1. The highest BCUT2D eigenvalue weighted by atomic mass is 32.1. The maximum absolute atomic E-state index is 4.81. The van der Waals surface area contributed by atoms with Crippen molar-refractivity contribution in [2.75, 3.05) is 44.2 Å². The number of aliphatic imine (C=N–C) groups is 1. The fraction of sp³-hybridized carbons (Fsp3) is 0.529. The number of thiazole rings is 1. The lowest BCUT2D eigenvalue weighted by Gasteiger charge is -2.37. The molecule has 1 aliphatic heterocycles. The lowest BCUT2D eigenvalue weighted by atomic mass is 10.3. The number of rotatable bonds is 5. The van der Waals surface area contributed by atoms with Crippen LogP contribution in [0.5, 0.6) is 0 Å². The normalized spacial score (nSPS) is 15.8. The van der Waals surface area contributed by atoms with Crippen LogP contribution in [0, 0.1) is 6.92 Å². The van der Waals surface area contributed by atoms with Crippen molar-refractivity contribution in [1.82, 2.24) is 15.2 Å². The highest BCUT2D eigenvalue weighted by Crippen LogP contribution is 2.22. The van der Waals surface area contributed by atoms with Crippen LogP contribution in [0.25, 0.3) is 0 Å². The number of thiophene rings is 1. The molecule has 7 heteroatoms. The summed E-state index contributed by atoms with van der Waals surface area (Å²) < 4.78 is 0. The molecule has 0 aromatic carbocycles. The predicted octanol–water partition coefficient (Wildman–Crippen LogP) is 2.84. The van der Waals surface area contributed by atoms with Crippen LogP contribution in [-0.4, -0.2) is 55.1 Å². The lowest BCUT2D eigenvalue weighted by molar-refractivity contribution is 0.373. The van der Waals surface area contributed by atoms with Crippen LogP contribution in [-0.2, 0) is 6.42 Å². The molecule has 1 aliphatic rings. The van der Waals surface area contributed by atoms with Crippen molar-refractivity contribution < 1.29 is 0 Å². The first-order chi connectivity index (χ1) is 11.8. The van der Waals surface area contributed by atoms with Crippen molar-refractivity contribution >= 4 is 33.6 Å². The second kappa shape index (κ2) is 8.48. The summed E-state index contributed by atoms with van der Waals surface area (Å²) >= 11 is 3.59. The fourth-order valence-corrected chi connectivity index (χ4v) is 4.35. The molecule has 5 nitrogen and oxygen atoms in total. The van der Waals surface area contributed by atoms with Gasteiger partial charge in [-0.25, -0.2) is 4.98 Å². The zero-order valence-electron chi connectivity index (χ0n) is 14.4. The molecule has 0 spiro atoms. The number of guanidine groups is 1. The second-order valence-electron chi connectivity index (χ2n) is 5.78. The Morgan fingerprint density at radius 3 is 2.79 bits per heavy atom. The molecule has 3 rings (SSSR count). The maximum Gasteiger partial charge on any atom is 0.194 e. The number of nitrogens with one attached hydrogen (secondary N) is 1. The number of nitrogens with zero attached hydrogens (tertiary/aromatic N) is 4. The first-order valence-electron chi connectivity index (χ1n) is 8.49. The van der Waals surface area contributed by atoms with Gasteiger partial charge in [-0.1, -0.05) is 0 Å².